The molecule has 2 heteroatoms. The van der Waals surface area contributed by atoms with Crippen LogP contribution >= 0.6 is 0 Å². The minimum Gasteiger partial charge on any atom is -0.443 e. The van der Waals surface area contributed by atoms with Crippen LogP contribution in [0.15, 0.2) is 22.9 Å². The molecule has 0 saturated heterocycles. The first-order valence-electron chi connectivity index (χ1n) is 10.7. The molecule has 0 spiro atoms. The molecule has 1 aromatic carbocycles. The summed E-state index contributed by atoms with van der Waals surface area (Å²) in [4.78, 5) is 4.51. The molecular weight excluding hydrogens is 306 g/mol. The van der Waals surface area contributed by atoms with Crippen LogP contribution in [0.2, 0.25) is 0 Å². The fourth-order valence-electron chi connectivity index (χ4n) is 3.72. The maximum absolute atomic E-state index is 5.53. The predicted octanol–water partition coefficient (Wildman–Crippen LogP) is 7.63. The number of hydrogen-bond donors (Lipinski definition) is 0. The monoisotopic (exact) mass is 343 g/mol. The summed E-state index contributed by atoms with van der Waals surface area (Å²) in [7, 11) is 0. The van der Waals surface area contributed by atoms with E-state index >= 15 is 0 Å². The summed E-state index contributed by atoms with van der Waals surface area (Å²) in [6.45, 7) is 4.56. The summed E-state index contributed by atoms with van der Waals surface area (Å²) in [6, 6.07) is 4.39. The van der Waals surface area contributed by atoms with E-state index in [1.165, 1.54) is 94.6 Å². The standard InChI is InChI=1S/C23H37NO/c1-3-5-7-9-11-13-15-20-17-18-22-23(24-19-25-22)21(20)16-14-12-10-8-6-4-2/h17-19H,3-16H2,1-2H3. The first-order valence-corrected chi connectivity index (χ1v) is 10.7. The van der Waals surface area contributed by atoms with Crippen LogP contribution in [0.1, 0.15) is 102 Å². The van der Waals surface area contributed by atoms with Gasteiger partial charge in [0.2, 0.25) is 0 Å². The molecule has 0 N–H and O–H groups in total. The Morgan fingerprint density at radius 1 is 0.720 bits per heavy atom. The Morgan fingerprint density at radius 3 is 2.00 bits per heavy atom. The van der Waals surface area contributed by atoms with Crippen molar-refractivity contribution in [2.75, 3.05) is 0 Å². The first kappa shape index (κ1) is 20.0. The lowest BCUT2D eigenvalue weighted by Crippen LogP contribution is -1.97. The summed E-state index contributed by atoms with van der Waals surface area (Å²) in [6.07, 6.45) is 20.2. The third kappa shape index (κ3) is 6.84. The molecule has 25 heavy (non-hydrogen) atoms. The lowest BCUT2D eigenvalue weighted by molar-refractivity contribution is 0.598. The fourth-order valence-corrected chi connectivity index (χ4v) is 3.72. The van der Waals surface area contributed by atoms with Gasteiger partial charge in [0.1, 0.15) is 5.52 Å². The molecule has 0 amide bonds. The lowest BCUT2D eigenvalue weighted by Gasteiger charge is -2.10. The Hall–Kier alpha value is -1.31. The first-order chi connectivity index (χ1) is 12.4. The number of aromatic nitrogens is 1. The van der Waals surface area contributed by atoms with Crippen LogP contribution in [-0.2, 0) is 12.8 Å². The van der Waals surface area contributed by atoms with Crippen molar-refractivity contribution in [3.63, 3.8) is 0 Å². The van der Waals surface area contributed by atoms with E-state index in [-0.39, 0.29) is 0 Å². The summed E-state index contributed by atoms with van der Waals surface area (Å²) in [5.41, 5.74) is 5.02. The number of hydrogen-bond acceptors (Lipinski definition) is 2. The zero-order valence-corrected chi connectivity index (χ0v) is 16.5. The van der Waals surface area contributed by atoms with E-state index in [9.17, 15) is 0 Å². The smallest absolute Gasteiger partial charge is 0.181 e. The molecule has 0 saturated carbocycles. The van der Waals surface area contributed by atoms with Crippen molar-refractivity contribution in [3.8, 4) is 0 Å². The van der Waals surface area contributed by atoms with E-state index in [0.717, 1.165) is 17.5 Å². The molecule has 0 unspecified atom stereocenters. The largest absolute Gasteiger partial charge is 0.443 e. The van der Waals surface area contributed by atoms with Gasteiger partial charge in [0, 0.05) is 0 Å². The Morgan fingerprint density at radius 2 is 1.32 bits per heavy atom. The highest BCUT2D eigenvalue weighted by molar-refractivity contribution is 5.77. The number of aryl methyl sites for hydroxylation is 2. The Kier molecular flexibility index (Phi) is 9.69. The van der Waals surface area contributed by atoms with Gasteiger partial charge in [-0.1, -0.05) is 84.1 Å². The summed E-state index contributed by atoms with van der Waals surface area (Å²) >= 11 is 0. The van der Waals surface area contributed by atoms with Gasteiger partial charge in [-0.2, -0.15) is 0 Å². The van der Waals surface area contributed by atoms with E-state index in [0.29, 0.717) is 0 Å². The topological polar surface area (TPSA) is 26.0 Å². The maximum Gasteiger partial charge on any atom is 0.181 e. The Bertz CT molecular complexity index is 587. The molecule has 1 heterocycles. The van der Waals surface area contributed by atoms with Crippen LogP contribution in [0.5, 0.6) is 0 Å². The van der Waals surface area contributed by atoms with Crippen molar-refractivity contribution in [3.05, 3.63) is 29.7 Å². The van der Waals surface area contributed by atoms with Gasteiger partial charge in [-0.15, -0.1) is 0 Å². The summed E-state index contributed by atoms with van der Waals surface area (Å²) < 4.78 is 5.53. The molecule has 2 aromatic rings. The molecule has 2 nitrogen and oxygen atoms in total. The van der Waals surface area contributed by atoms with Gasteiger partial charge in [0.25, 0.3) is 0 Å². The normalized spacial score (nSPS) is 11.4. The van der Waals surface area contributed by atoms with E-state index in [4.69, 9.17) is 4.42 Å². The minimum absolute atomic E-state index is 0.952. The molecule has 0 aliphatic carbocycles. The number of oxazole rings is 1. The molecule has 0 aliphatic heterocycles. The van der Waals surface area contributed by atoms with Crippen LogP contribution in [0.25, 0.3) is 11.1 Å². The van der Waals surface area contributed by atoms with E-state index in [2.05, 4.69) is 31.0 Å². The average molecular weight is 344 g/mol. The second-order valence-corrected chi connectivity index (χ2v) is 7.44. The Labute approximate surface area is 154 Å². The molecule has 0 radical (unpaired) electrons. The van der Waals surface area contributed by atoms with Crippen molar-refractivity contribution in [1.29, 1.82) is 0 Å². The van der Waals surface area contributed by atoms with Crippen molar-refractivity contribution >= 4 is 11.1 Å². The molecular formula is C23H37NO. The molecule has 0 atom stereocenters. The van der Waals surface area contributed by atoms with Gasteiger partial charge in [-0.25, -0.2) is 4.98 Å². The third-order valence-corrected chi connectivity index (χ3v) is 5.28. The molecule has 0 aliphatic rings. The highest BCUT2D eigenvalue weighted by Crippen LogP contribution is 2.25. The number of unbranched alkanes of at least 4 members (excludes halogenated alkanes) is 10. The lowest BCUT2D eigenvalue weighted by atomic mass is 9.95. The highest BCUT2D eigenvalue weighted by Gasteiger charge is 2.11. The number of nitrogens with zero attached hydrogens (tertiary/aromatic N) is 1. The average Bonchev–Trinajstić information content (AvgIpc) is 3.10. The van der Waals surface area contributed by atoms with Gasteiger partial charge >= 0.3 is 0 Å². The molecule has 1 aromatic heterocycles. The number of fused-ring (bicyclic) bond motifs is 1. The summed E-state index contributed by atoms with van der Waals surface area (Å²) in [5, 5.41) is 0. The second-order valence-electron chi connectivity index (χ2n) is 7.44. The Balaban J connectivity index is 1.87. The van der Waals surface area contributed by atoms with Gasteiger partial charge in [0.15, 0.2) is 12.0 Å². The molecule has 0 fully saturated rings. The van der Waals surface area contributed by atoms with Gasteiger partial charge in [-0.05, 0) is 42.9 Å². The van der Waals surface area contributed by atoms with Crippen LogP contribution in [0, 0.1) is 0 Å². The fraction of sp³-hybridized carbons (Fsp3) is 0.696. The number of rotatable bonds is 14. The van der Waals surface area contributed by atoms with Crippen LogP contribution < -0.4 is 0 Å². The van der Waals surface area contributed by atoms with Crippen molar-refractivity contribution in [2.24, 2.45) is 0 Å². The van der Waals surface area contributed by atoms with Gasteiger partial charge in [-0.3, -0.25) is 0 Å². The third-order valence-electron chi connectivity index (χ3n) is 5.28. The number of benzene rings is 1. The molecule has 0 bridgehead atoms. The van der Waals surface area contributed by atoms with Gasteiger partial charge < -0.3 is 4.42 Å². The maximum atomic E-state index is 5.53. The van der Waals surface area contributed by atoms with E-state index < -0.39 is 0 Å². The van der Waals surface area contributed by atoms with Crippen LogP contribution in [-0.4, -0.2) is 4.98 Å². The zero-order chi connectivity index (χ0) is 17.7. The summed E-state index contributed by atoms with van der Waals surface area (Å²) in [5.74, 6) is 0. The second kappa shape index (κ2) is 12.1. The van der Waals surface area contributed by atoms with E-state index in [1.807, 2.05) is 0 Å². The van der Waals surface area contributed by atoms with Crippen molar-refractivity contribution in [1.82, 2.24) is 4.98 Å². The van der Waals surface area contributed by atoms with Crippen LogP contribution in [0.3, 0.4) is 0 Å². The molecule has 140 valence electrons. The zero-order valence-electron chi connectivity index (χ0n) is 16.5. The van der Waals surface area contributed by atoms with Crippen LogP contribution in [0.4, 0.5) is 0 Å². The van der Waals surface area contributed by atoms with Gasteiger partial charge in [0.05, 0.1) is 0 Å². The SMILES string of the molecule is CCCCCCCCc1ccc2ocnc2c1CCCCCCCC. The highest BCUT2D eigenvalue weighted by atomic mass is 16.3. The quantitative estimate of drug-likeness (QED) is 0.329. The van der Waals surface area contributed by atoms with E-state index in [1.54, 1.807) is 6.39 Å². The molecule has 2 rings (SSSR count). The predicted molar refractivity (Wildman–Crippen MR) is 108 cm³/mol. The van der Waals surface area contributed by atoms with Crippen molar-refractivity contribution in [2.45, 2.75) is 104 Å². The van der Waals surface area contributed by atoms with Crippen molar-refractivity contribution < 1.29 is 4.42 Å². The minimum atomic E-state index is 0.952.